The van der Waals surface area contributed by atoms with Crippen molar-refractivity contribution < 1.29 is 9.53 Å². The predicted octanol–water partition coefficient (Wildman–Crippen LogP) is 1.35. The molecule has 2 rings (SSSR count). The van der Waals surface area contributed by atoms with Gasteiger partial charge in [-0.1, -0.05) is 0 Å². The molecule has 0 saturated carbocycles. The van der Waals surface area contributed by atoms with E-state index in [9.17, 15) is 4.79 Å². The van der Waals surface area contributed by atoms with E-state index in [1.54, 1.807) is 34.2 Å². The minimum absolute atomic E-state index is 0.198. The third kappa shape index (κ3) is 3.41. The molecule has 0 unspecified atom stereocenters. The predicted molar refractivity (Wildman–Crippen MR) is 69.7 cm³/mol. The SMILES string of the molecule is CCOCn1cc(NC(=O)c2cnn(CC)c2)cn1. The molecule has 0 atom stereocenters. The van der Waals surface area contributed by atoms with Crippen LogP contribution in [-0.2, 0) is 18.0 Å². The molecule has 0 saturated heterocycles. The van der Waals surface area contributed by atoms with Gasteiger partial charge in [0, 0.05) is 19.3 Å². The van der Waals surface area contributed by atoms with Crippen molar-refractivity contribution in [2.45, 2.75) is 27.1 Å². The van der Waals surface area contributed by atoms with Crippen LogP contribution in [0.2, 0.25) is 0 Å². The molecule has 0 aliphatic rings. The number of nitrogens with one attached hydrogen (secondary N) is 1. The van der Waals surface area contributed by atoms with Crippen LogP contribution in [0.25, 0.3) is 0 Å². The number of rotatable bonds is 6. The largest absolute Gasteiger partial charge is 0.360 e. The van der Waals surface area contributed by atoms with Gasteiger partial charge in [0.25, 0.3) is 5.91 Å². The van der Waals surface area contributed by atoms with E-state index >= 15 is 0 Å². The summed E-state index contributed by atoms with van der Waals surface area (Å²) < 4.78 is 8.54. The summed E-state index contributed by atoms with van der Waals surface area (Å²) in [5, 5.41) is 10.9. The Balaban J connectivity index is 1.96. The Morgan fingerprint density at radius 2 is 2.05 bits per heavy atom. The highest BCUT2D eigenvalue weighted by atomic mass is 16.5. The van der Waals surface area contributed by atoms with Gasteiger partial charge in [-0.15, -0.1) is 0 Å². The topological polar surface area (TPSA) is 74.0 Å². The van der Waals surface area contributed by atoms with Gasteiger partial charge in [-0.25, -0.2) is 4.68 Å². The summed E-state index contributed by atoms with van der Waals surface area (Å²) >= 11 is 0. The van der Waals surface area contributed by atoms with Gasteiger partial charge in [0.1, 0.15) is 6.73 Å². The van der Waals surface area contributed by atoms with Crippen LogP contribution in [0.15, 0.2) is 24.8 Å². The van der Waals surface area contributed by atoms with E-state index in [2.05, 4.69) is 15.5 Å². The summed E-state index contributed by atoms with van der Waals surface area (Å²) in [6.07, 6.45) is 6.56. The maximum absolute atomic E-state index is 11.9. The average molecular weight is 263 g/mol. The third-order valence-corrected chi connectivity index (χ3v) is 2.54. The van der Waals surface area contributed by atoms with E-state index in [-0.39, 0.29) is 5.91 Å². The molecule has 0 fully saturated rings. The Kier molecular flexibility index (Phi) is 4.30. The lowest BCUT2D eigenvalue weighted by Gasteiger charge is -2.00. The molecule has 1 amide bonds. The number of nitrogens with zero attached hydrogens (tertiary/aromatic N) is 4. The second-order valence-corrected chi connectivity index (χ2v) is 3.93. The minimum atomic E-state index is -0.198. The van der Waals surface area contributed by atoms with Crippen LogP contribution in [-0.4, -0.2) is 32.1 Å². The van der Waals surface area contributed by atoms with Gasteiger partial charge in [-0.3, -0.25) is 9.48 Å². The first-order chi connectivity index (χ1) is 9.22. The van der Waals surface area contributed by atoms with Gasteiger partial charge < -0.3 is 10.1 Å². The first kappa shape index (κ1) is 13.3. The smallest absolute Gasteiger partial charge is 0.258 e. The molecule has 19 heavy (non-hydrogen) atoms. The number of hydrogen-bond donors (Lipinski definition) is 1. The maximum atomic E-state index is 11.9. The molecule has 2 aromatic heterocycles. The number of amides is 1. The molecule has 0 bridgehead atoms. The Morgan fingerprint density at radius 3 is 2.74 bits per heavy atom. The standard InChI is InChI=1S/C12H17N5O2/c1-3-16-7-10(5-13-16)12(18)15-11-6-14-17(8-11)9-19-4-2/h5-8H,3-4,9H2,1-2H3,(H,15,18). The van der Waals surface area contributed by atoms with Crippen molar-refractivity contribution in [3.8, 4) is 0 Å². The fraction of sp³-hybridized carbons (Fsp3) is 0.417. The third-order valence-electron chi connectivity index (χ3n) is 2.54. The highest BCUT2D eigenvalue weighted by Gasteiger charge is 2.09. The quantitative estimate of drug-likeness (QED) is 0.853. The Labute approximate surface area is 111 Å². The van der Waals surface area contributed by atoms with E-state index in [1.807, 2.05) is 13.8 Å². The zero-order valence-corrected chi connectivity index (χ0v) is 11.0. The van der Waals surface area contributed by atoms with Gasteiger partial charge in [-0.2, -0.15) is 10.2 Å². The van der Waals surface area contributed by atoms with Crippen LogP contribution in [0.3, 0.4) is 0 Å². The molecule has 0 radical (unpaired) electrons. The molecular weight excluding hydrogens is 246 g/mol. The molecule has 7 nitrogen and oxygen atoms in total. The maximum Gasteiger partial charge on any atom is 0.258 e. The van der Waals surface area contributed by atoms with E-state index in [0.717, 1.165) is 6.54 Å². The van der Waals surface area contributed by atoms with Crippen LogP contribution in [0.5, 0.6) is 0 Å². The number of aryl methyl sites for hydroxylation is 1. The molecule has 2 aromatic rings. The molecule has 1 N–H and O–H groups in total. The van der Waals surface area contributed by atoms with E-state index in [0.29, 0.717) is 24.6 Å². The second kappa shape index (κ2) is 6.14. The molecule has 2 heterocycles. The van der Waals surface area contributed by atoms with Crippen LogP contribution in [0.4, 0.5) is 5.69 Å². The van der Waals surface area contributed by atoms with Crippen molar-refractivity contribution in [1.82, 2.24) is 19.6 Å². The molecular formula is C12H17N5O2. The zero-order chi connectivity index (χ0) is 13.7. The minimum Gasteiger partial charge on any atom is -0.360 e. The van der Waals surface area contributed by atoms with Gasteiger partial charge in [0.15, 0.2) is 0 Å². The summed E-state index contributed by atoms with van der Waals surface area (Å²) in [5.41, 5.74) is 1.16. The number of ether oxygens (including phenoxy) is 1. The number of carbonyl (C=O) groups excluding carboxylic acids is 1. The van der Waals surface area contributed by atoms with E-state index in [4.69, 9.17) is 4.74 Å². The van der Waals surface area contributed by atoms with Crippen molar-refractivity contribution >= 4 is 11.6 Å². The molecule has 0 spiro atoms. The lowest BCUT2D eigenvalue weighted by Crippen LogP contribution is -2.10. The zero-order valence-electron chi connectivity index (χ0n) is 11.0. The molecule has 102 valence electrons. The summed E-state index contributed by atoms with van der Waals surface area (Å²) in [4.78, 5) is 11.9. The fourth-order valence-corrected chi connectivity index (χ4v) is 1.54. The fourth-order valence-electron chi connectivity index (χ4n) is 1.54. The second-order valence-electron chi connectivity index (χ2n) is 3.93. The molecule has 7 heteroatoms. The van der Waals surface area contributed by atoms with Crippen molar-refractivity contribution in [1.29, 1.82) is 0 Å². The van der Waals surface area contributed by atoms with Crippen molar-refractivity contribution in [3.05, 3.63) is 30.4 Å². The number of hydrogen-bond acceptors (Lipinski definition) is 4. The van der Waals surface area contributed by atoms with Crippen molar-refractivity contribution in [2.75, 3.05) is 11.9 Å². The van der Waals surface area contributed by atoms with Gasteiger partial charge in [0.2, 0.25) is 0 Å². The average Bonchev–Trinajstić information content (AvgIpc) is 3.05. The monoisotopic (exact) mass is 263 g/mol. The highest BCUT2D eigenvalue weighted by Crippen LogP contribution is 2.08. The Hall–Kier alpha value is -2.15. The highest BCUT2D eigenvalue weighted by molar-refractivity contribution is 6.03. The Bertz CT molecular complexity index is 546. The summed E-state index contributed by atoms with van der Waals surface area (Å²) in [6, 6.07) is 0. The Morgan fingerprint density at radius 1 is 1.26 bits per heavy atom. The van der Waals surface area contributed by atoms with Gasteiger partial charge >= 0.3 is 0 Å². The summed E-state index contributed by atoms with van der Waals surface area (Å²) in [7, 11) is 0. The van der Waals surface area contributed by atoms with Crippen molar-refractivity contribution in [3.63, 3.8) is 0 Å². The lowest BCUT2D eigenvalue weighted by molar-refractivity contribution is 0.0792. The van der Waals surface area contributed by atoms with Crippen LogP contribution in [0.1, 0.15) is 24.2 Å². The van der Waals surface area contributed by atoms with Crippen LogP contribution >= 0.6 is 0 Å². The molecule has 0 aliphatic heterocycles. The van der Waals surface area contributed by atoms with Crippen LogP contribution in [0, 0.1) is 0 Å². The normalized spacial score (nSPS) is 10.6. The first-order valence-electron chi connectivity index (χ1n) is 6.17. The molecule has 0 aliphatic carbocycles. The first-order valence-corrected chi connectivity index (χ1v) is 6.17. The lowest BCUT2D eigenvalue weighted by atomic mass is 10.3. The van der Waals surface area contributed by atoms with Crippen molar-refractivity contribution in [2.24, 2.45) is 0 Å². The summed E-state index contributed by atoms with van der Waals surface area (Å²) in [6.45, 7) is 5.61. The number of aromatic nitrogens is 4. The summed E-state index contributed by atoms with van der Waals surface area (Å²) in [5.74, 6) is -0.198. The molecule has 0 aromatic carbocycles. The van der Waals surface area contributed by atoms with E-state index in [1.165, 1.54) is 0 Å². The van der Waals surface area contributed by atoms with Gasteiger partial charge in [-0.05, 0) is 13.8 Å². The van der Waals surface area contributed by atoms with E-state index < -0.39 is 0 Å². The number of carbonyl (C=O) groups is 1. The number of anilines is 1. The van der Waals surface area contributed by atoms with Crippen LogP contribution < -0.4 is 5.32 Å². The van der Waals surface area contributed by atoms with Gasteiger partial charge in [0.05, 0.1) is 29.8 Å².